The quantitative estimate of drug-likeness (QED) is 0.472. The van der Waals surface area contributed by atoms with E-state index < -0.39 is 5.60 Å². The van der Waals surface area contributed by atoms with Crippen molar-refractivity contribution in [3.8, 4) is 0 Å². The maximum Gasteiger partial charge on any atom is 0.315 e. The molecule has 3 aliphatic heterocycles. The van der Waals surface area contributed by atoms with Gasteiger partial charge in [-0.2, -0.15) is 11.8 Å². The minimum absolute atomic E-state index is 0.0517. The van der Waals surface area contributed by atoms with Crippen LogP contribution in [0, 0.1) is 0 Å². The molecule has 6 nitrogen and oxygen atoms in total. The van der Waals surface area contributed by atoms with Gasteiger partial charge in [0.1, 0.15) is 0 Å². The Morgan fingerprint density at radius 3 is 2.66 bits per heavy atom. The zero-order chi connectivity index (χ0) is 20.4. The molecule has 3 fully saturated rings. The smallest absolute Gasteiger partial charge is 0.315 e. The third-order valence-corrected chi connectivity index (χ3v) is 8.15. The number of nitrogens with one attached hydrogen (secondary N) is 2. The molecule has 3 amide bonds. The molecule has 158 valence electrons. The van der Waals surface area contributed by atoms with Gasteiger partial charge in [-0.25, -0.2) is 4.79 Å². The number of unbranched alkanes of at least 4 members (excludes halogenated alkanes) is 1. The van der Waals surface area contributed by atoms with E-state index in [1.807, 2.05) is 28.8 Å². The van der Waals surface area contributed by atoms with Crippen molar-refractivity contribution < 1.29 is 14.7 Å². The predicted octanol–water partition coefficient (Wildman–Crippen LogP) is 2.88. The third kappa shape index (κ3) is 4.67. The Kier molecular flexibility index (Phi) is 6.27. The summed E-state index contributed by atoms with van der Waals surface area (Å²) in [6.07, 6.45) is 4.54. The number of hydrogen-bond donors (Lipinski definition) is 3. The highest BCUT2D eigenvalue weighted by atomic mass is 35.5. The van der Waals surface area contributed by atoms with Crippen molar-refractivity contribution in [2.24, 2.45) is 0 Å². The van der Waals surface area contributed by atoms with Gasteiger partial charge >= 0.3 is 6.03 Å². The lowest BCUT2D eigenvalue weighted by Gasteiger charge is -2.38. The van der Waals surface area contributed by atoms with Crippen LogP contribution < -0.4 is 10.6 Å². The summed E-state index contributed by atoms with van der Waals surface area (Å²) in [5.41, 5.74) is -0.00738. The molecule has 29 heavy (non-hydrogen) atoms. The van der Waals surface area contributed by atoms with Gasteiger partial charge in [-0.3, -0.25) is 4.79 Å². The van der Waals surface area contributed by atoms with Gasteiger partial charge in [-0.05, 0) is 43.4 Å². The van der Waals surface area contributed by atoms with E-state index in [9.17, 15) is 14.7 Å². The van der Waals surface area contributed by atoms with Crippen LogP contribution in [-0.4, -0.2) is 58.1 Å². The molecule has 0 aromatic heterocycles. The van der Waals surface area contributed by atoms with Crippen LogP contribution in [0.15, 0.2) is 24.3 Å². The molecule has 3 aliphatic rings. The molecule has 0 spiro atoms. The largest absolute Gasteiger partial charge is 0.385 e. The van der Waals surface area contributed by atoms with Gasteiger partial charge in [0, 0.05) is 35.5 Å². The molecule has 3 saturated heterocycles. The molecule has 8 heteroatoms. The second kappa shape index (κ2) is 8.74. The fourth-order valence-electron chi connectivity index (χ4n) is 4.60. The highest BCUT2D eigenvalue weighted by Crippen LogP contribution is 2.35. The van der Waals surface area contributed by atoms with Crippen molar-refractivity contribution in [1.82, 2.24) is 15.5 Å². The van der Waals surface area contributed by atoms with Crippen molar-refractivity contribution in [1.29, 1.82) is 0 Å². The van der Waals surface area contributed by atoms with Crippen LogP contribution in [-0.2, 0) is 10.4 Å². The average Bonchev–Trinajstić information content (AvgIpc) is 3.25. The summed E-state index contributed by atoms with van der Waals surface area (Å²) in [4.78, 5) is 25.9. The maximum atomic E-state index is 12.6. The highest BCUT2D eigenvalue weighted by molar-refractivity contribution is 8.00. The van der Waals surface area contributed by atoms with Crippen LogP contribution in [0.4, 0.5) is 4.79 Å². The molecule has 1 aromatic carbocycles. The molecule has 0 saturated carbocycles. The van der Waals surface area contributed by atoms with E-state index in [0.29, 0.717) is 42.6 Å². The van der Waals surface area contributed by atoms with Gasteiger partial charge in [0.2, 0.25) is 5.91 Å². The Hall–Kier alpha value is -1.44. The Balaban J connectivity index is 1.18. The van der Waals surface area contributed by atoms with Crippen LogP contribution in [0.5, 0.6) is 0 Å². The molecule has 0 bridgehead atoms. The first-order chi connectivity index (χ1) is 13.9. The summed E-state index contributed by atoms with van der Waals surface area (Å²) in [5, 5.41) is 18.0. The molecule has 3 N–H and O–H groups in total. The normalized spacial score (nSPS) is 28.0. The van der Waals surface area contributed by atoms with Crippen molar-refractivity contribution in [2.75, 3.05) is 18.8 Å². The minimum Gasteiger partial charge on any atom is -0.385 e. The van der Waals surface area contributed by atoms with Gasteiger partial charge in [-0.1, -0.05) is 30.2 Å². The van der Waals surface area contributed by atoms with Crippen molar-refractivity contribution in [2.45, 2.75) is 61.5 Å². The summed E-state index contributed by atoms with van der Waals surface area (Å²) < 4.78 is 0. The molecule has 0 radical (unpaired) electrons. The standard InChI is InChI=1S/C21H28ClN3O3S/c22-15-7-5-14(6-8-15)21(28)9-11-25(12-10-21)18(26)4-2-1-3-17-19-16(13-29-17)23-20(27)24-19/h5-8,16-17,19,28H,1-4,9-13H2,(H2,23,24,27)/t16-,17-,19-/m0/s1. The number of hydrogen-bond acceptors (Lipinski definition) is 4. The Bertz CT molecular complexity index is 752. The maximum absolute atomic E-state index is 12.6. The molecular weight excluding hydrogens is 410 g/mol. The Morgan fingerprint density at radius 1 is 1.21 bits per heavy atom. The first kappa shape index (κ1) is 20.8. The van der Waals surface area contributed by atoms with E-state index in [-0.39, 0.29) is 24.0 Å². The molecule has 3 atom stereocenters. The van der Waals surface area contributed by atoms with Gasteiger partial charge in [-0.15, -0.1) is 0 Å². The number of halogens is 1. The fourth-order valence-corrected chi connectivity index (χ4v) is 6.27. The lowest BCUT2D eigenvalue weighted by atomic mass is 9.84. The predicted molar refractivity (Wildman–Crippen MR) is 115 cm³/mol. The zero-order valence-electron chi connectivity index (χ0n) is 16.4. The number of nitrogens with zero attached hydrogens (tertiary/aromatic N) is 1. The van der Waals surface area contributed by atoms with Crippen LogP contribution in [0.25, 0.3) is 0 Å². The van der Waals surface area contributed by atoms with Crippen LogP contribution in [0.2, 0.25) is 5.02 Å². The van der Waals surface area contributed by atoms with E-state index >= 15 is 0 Å². The third-order valence-electron chi connectivity index (χ3n) is 6.39. The number of aliphatic hydroxyl groups is 1. The Morgan fingerprint density at radius 2 is 1.93 bits per heavy atom. The van der Waals surface area contributed by atoms with Crippen molar-refractivity contribution in [3.05, 3.63) is 34.9 Å². The number of likely N-dealkylation sites (tertiary alicyclic amines) is 1. The van der Waals surface area contributed by atoms with Gasteiger partial charge in [0.05, 0.1) is 17.7 Å². The number of fused-ring (bicyclic) bond motifs is 1. The zero-order valence-corrected chi connectivity index (χ0v) is 18.0. The molecule has 1 aromatic rings. The minimum atomic E-state index is -0.878. The SMILES string of the molecule is O=C1N[C@H]2[C@H](CS[C@H]2CCCCC(=O)N2CCC(O)(c3ccc(Cl)cc3)CC2)N1. The topological polar surface area (TPSA) is 81.7 Å². The highest BCUT2D eigenvalue weighted by Gasteiger charge is 2.42. The summed E-state index contributed by atoms with van der Waals surface area (Å²) in [6, 6.07) is 7.77. The summed E-state index contributed by atoms with van der Waals surface area (Å²) in [5.74, 6) is 1.15. The number of benzene rings is 1. The lowest BCUT2D eigenvalue weighted by molar-refractivity contribution is -0.135. The summed E-state index contributed by atoms with van der Waals surface area (Å²) in [7, 11) is 0. The number of thioether (sulfide) groups is 1. The first-order valence-electron chi connectivity index (χ1n) is 10.4. The summed E-state index contributed by atoms with van der Waals surface area (Å²) in [6.45, 7) is 1.16. The fraction of sp³-hybridized carbons (Fsp3) is 0.619. The molecule has 3 heterocycles. The van der Waals surface area contributed by atoms with Crippen LogP contribution in [0.1, 0.15) is 44.1 Å². The van der Waals surface area contributed by atoms with E-state index in [1.165, 1.54) is 0 Å². The van der Waals surface area contributed by atoms with E-state index in [0.717, 1.165) is 30.6 Å². The number of amides is 3. The van der Waals surface area contributed by atoms with Gasteiger partial charge in [0.15, 0.2) is 0 Å². The second-order valence-corrected chi connectivity index (χ2v) is 10.00. The lowest BCUT2D eigenvalue weighted by Crippen LogP contribution is -2.45. The van der Waals surface area contributed by atoms with Crippen molar-refractivity contribution in [3.63, 3.8) is 0 Å². The van der Waals surface area contributed by atoms with E-state index in [2.05, 4.69) is 10.6 Å². The van der Waals surface area contributed by atoms with E-state index in [1.54, 1.807) is 12.1 Å². The molecule has 0 unspecified atom stereocenters. The van der Waals surface area contributed by atoms with Gasteiger partial charge < -0.3 is 20.6 Å². The Labute approximate surface area is 180 Å². The van der Waals surface area contributed by atoms with Gasteiger partial charge in [0.25, 0.3) is 0 Å². The number of carbonyl (C=O) groups is 2. The van der Waals surface area contributed by atoms with Crippen molar-refractivity contribution >= 4 is 35.3 Å². The number of piperidine rings is 1. The number of urea groups is 1. The molecule has 0 aliphatic carbocycles. The number of carbonyl (C=O) groups excluding carboxylic acids is 2. The second-order valence-electron chi connectivity index (χ2n) is 8.29. The first-order valence-corrected chi connectivity index (χ1v) is 11.8. The molecule has 4 rings (SSSR count). The summed E-state index contributed by atoms with van der Waals surface area (Å²) >= 11 is 7.85. The molecular formula is C21H28ClN3O3S. The van der Waals surface area contributed by atoms with E-state index in [4.69, 9.17) is 11.6 Å². The monoisotopic (exact) mass is 437 g/mol. The van der Waals surface area contributed by atoms with Crippen LogP contribution >= 0.6 is 23.4 Å². The van der Waals surface area contributed by atoms with Crippen LogP contribution in [0.3, 0.4) is 0 Å². The number of rotatable bonds is 6. The average molecular weight is 438 g/mol.